The van der Waals surface area contributed by atoms with Gasteiger partial charge in [0.15, 0.2) is 0 Å². The number of furan rings is 1. The predicted molar refractivity (Wildman–Crippen MR) is 72.8 cm³/mol. The van der Waals surface area contributed by atoms with Crippen LogP contribution in [0.1, 0.15) is 22.0 Å². The summed E-state index contributed by atoms with van der Waals surface area (Å²) in [6, 6.07) is 4.39. The minimum Gasteiger partial charge on any atom is -0.475 e. The molecule has 0 bridgehead atoms. The van der Waals surface area contributed by atoms with E-state index in [1.807, 2.05) is 19.3 Å². The summed E-state index contributed by atoms with van der Waals surface area (Å²) in [4.78, 5) is 22.2. The normalized spacial score (nSPS) is 10.3. The van der Waals surface area contributed by atoms with Crippen LogP contribution in [0.25, 0.3) is 0 Å². The third-order valence-corrected chi connectivity index (χ3v) is 2.73. The zero-order chi connectivity index (χ0) is 15.2. The number of urea groups is 1. The van der Waals surface area contributed by atoms with E-state index in [2.05, 4.69) is 15.7 Å². The van der Waals surface area contributed by atoms with Crippen LogP contribution in [0.3, 0.4) is 0 Å². The molecular weight excluding hydrogens is 276 g/mol. The fourth-order valence-corrected chi connectivity index (χ4v) is 1.72. The maximum Gasteiger partial charge on any atom is 0.371 e. The molecule has 0 fully saturated rings. The van der Waals surface area contributed by atoms with Crippen molar-refractivity contribution in [2.45, 2.75) is 13.0 Å². The minimum absolute atomic E-state index is 0.128. The molecule has 2 rings (SSSR count). The van der Waals surface area contributed by atoms with Gasteiger partial charge in [-0.15, -0.1) is 0 Å². The second-order valence-electron chi connectivity index (χ2n) is 4.41. The van der Waals surface area contributed by atoms with Gasteiger partial charge in [-0.3, -0.25) is 4.68 Å². The van der Waals surface area contributed by atoms with Gasteiger partial charge in [0.05, 0.1) is 12.2 Å². The number of hydrogen-bond donors (Lipinski definition) is 3. The van der Waals surface area contributed by atoms with Crippen molar-refractivity contribution in [3.05, 3.63) is 41.6 Å². The van der Waals surface area contributed by atoms with Crippen LogP contribution < -0.4 is 10.6 Å². The van der Waals surface area contributed by atoms with Gasteiger partial charge in [0.25, 0.3) is 0 Å². The Balaban J connectivity index is 1.68. The highest BCUT2D eigenvalue weighted by molar-refractivity contribution is 5.84. The first-order valence-corrected chi connectivity index (χ1v) is 6.37. The second-order valence-corrected chi connectivity index (χ2v) is 4.41. The molecule has 0 unspecified atom stereocenters. The van der Waals surface area contributed by atoms with Crippen LogP contribution in [0.15, 0.2) is 28.8 Å². The summed E-state index contributed by atoms with van der Waals surface area (Å²) < 4.78 is 6.72. The number of hydrogen-bond acceptors (Lipinski definition) is 4. The molecule has 3 N–H and O–H groups in total. The maximum absolute atomic E-state index is 11.5. The lowest BCUT2D eigenvalue weighted by Crippen LogP contribution is -2.36. The number of aryl methyl sites for hydroxylation is 1. The topological polar surface area (TPSA) is 109 Å². The van der Waals surface area contributed by atoms with E-state index >= 15 is 0 Å². The van der Waals surface area contributed by atoms with E-state index in [9.17, 15) is 9.59 Å². The van der Waals surface area contributed by atoms with Crippen molar-refractivity contribution in [3.8, 4) is 0 Å². The first-order valence-electron chi connectivity index (χ1n) is 6.37. The zero-order valence-corrected chi connectivity index (χ0v) is 11.5. The number of aromatic nitrogens is 2. The lowest BCUT2D eigenvalue weighted by Gasteiger charge is -2.05. The van der Waals surface area contributed by atoms with Crippen LogP contribution in [0.2, 0.25) is 0 Å². The average molecular weight is 292 g/mol. The summed E-state index contributed by atoms with van der Waals surface area (Å²) >= 11 is 0. The molecule has 0 saturated heterocycles. The number of nitrogens with one attached hydrogen (secondary N) is 2. The number of aromatic carboxylic acids is 1. The molecule has 0 aliphatic heterocycles. The van der Waals surface area contributed by atoms with Crippen molar-refractivity contribution >= 4 is 12.0 Å². The Bertz CT molecular complexity index is 632. The summed E-state index contributed by atoms with van der Waals surface area (Å²) in [6.45, 7) is 0.587. The van der Waals surface area contributed by atoms with Crippen molar-refractivity contribution in [2.24, 2.45) is 7.05 Å². The van der Waals surface area contributed by atoms with Gasteiger partial charge < -0.3 is 20.2 Å². The van der Waals surface area contributed by atoms with Crippen LogP contribution in [0.4, 0.5) is 4.79 Å². The Morgan fingerprint density at radius 3 is 2.76 bits per heavy atom. The van der Waals surface area contributed by atoms with Crippen molar-refractivity contribution in [3.63, 3.8) is 0 Å². The van der Waals surface area contributed by atoms with Crippen molar-refractivity contribution in [1.29, 1.82) is 0 Å². The summed E-state index contributed by atoms with van der Waals surface area (Å²) in [5, 5.41) is 18.2. The molecule has 21 heavy (non-hydrogen) atoms. The number of carbonyl (C=O) groups excluding carboxylic acids is 1. The molecule has 0 aliphatic rings. The Hall–Kier alpha value is -2.77. The van der Waals surface area contributed by atoms with E-state index in [1.54, 1.807) is 4.68 Å². The number of amides is 2. The Kier molecular flexibility index (Phi) is 4.60. The van der Waals surface area contributed by atoms with Crippen molar-refractivity contribution in [1.82, 2.24) is 20.4 Å². The van der Waals surface area contributed by atoms with Crippen molar-refractivity contribution < 1.29 is 19.1 Å². The first kappa shape index (κ1) is 14.6. The van der Waals surface area contributed by atoms with E-state index in [0.29, 0.717) is 18.7 Å². The average Bonchev–Trinajstić information content (AvgIpc) is 3.05. The fourth-order valence-electron chi connectivity index (χ4n) is 1.72. The SMILES string of the molecule is Cn1ccc(CCNC(=O)NCc2ccc(C(=O)O)o2)n1. The zero-order valence-electron chi connectivity index (χ0n) is 11.5. The summed E-state index contributed by atoms with van der Waals surface area (Å²) in [5.74, 6) is -0.907. The number of carboxylic acid groups (broad SMARTS) is 1. The third-order valence-electron chi connectivity index (χ3n) is 2.73. The standard InChI is InChI=1S/C13H16N4O4/c1-17-7-5-9(16-17)4-6-14-13(20)15-8-10-2-3-11(21-10)12(18)19/h2-3,5,7H,4,6,8H2,1H3,(H,18,19)(H2,14,15,20). The molecule has 112 valence electrons. The third kappa shape index (κ3) is 4.37. The summed E-state index contributed by atoms with van der Waals surface area (Å²) in [7, 11) is 1.83. The number of rotatable bonds is 6. The fraction of sp³-hybridized carbons (Fsp3) is 0.308. The Morgan fingerprint density at radius 1 is 1.33 bits per heavy atom. The molecule has 0 aromatic carbocycles. The molecule has 0 atom stereocenters. The first-order chi connectivity index (χ1) is 10.0. The van der Waals surface area contributed by atoms with Crippen LogP contribution in [0.5, 0.6) is 0 Å². The summed E-state index contributed by atoms with van der Waals surface area (Å²) in [5.41, 5.74) is 0.898. The van der Waals surface area contributed by atoms with Crippen LogP contribution in [-0.2, 0) is 20.0 Å². The molecule has 2 aromatic rings. The monoisotopic (exact) mass is 292 g/mol. The highest BCUT2D eigenvalue weighted by atomic mass is 16.4. The minimum atomic E-state index is -1.14. The van der Waals surface area contributed by atoms with Gasteiger partial charge in [-0.2, -0.15) is 5.10 Å². The molecule has 0 spiro atoms. The van der Waals surface area contributed by atoms with Gasteiger partial charge in [-0.1, -0.05) is 0 Å². The van der Waals surface area contributed by atoms with E-state index in [0.717, 1.165) is 5.69 Å². The van der Waals surface area contributed by atoms with E-state index in [1.165, 1.54) is 12.1 Å². The molecule has 2 heterocycles. The highest BCUT2D eigenvalue weighted by Crippen LogP contribution is 2.07. The number of carboxylic acids is 1. The quantitative estimate of drug-likeness (QED) is 0.728. The van der Waals surface area contributed by atoms with Gasteiger partial charge in [0, 0.05) is 26.2 Å². The molecule has 2 aromatic heterocycles. The molecule has 8 nitrogen and oxygen atoms in total. The maximum atomic E-state index is 11.5. The van der Waals surface area contributed by atoms with E-state index in [4.69, 9.17) is 9.52 Å². The highest BCUT2D eigenvalue weighted by Gasteiger charge is 2.09. The van der Waals surface area contributed by atoms with Gasteiger partial charge in [0.2, 0.25) is 5.76 Å². The van der Waals surface area contributed by atoms with Gasteiger partial charge in [-0.25, -0.2) is 9.59 Å². The second kappa shape index (κ2) is 6.60. The largest absolute Gasteiger partial charge is 0.475 e. The lowest BCUT2D eigenvalue weighted by molar-refractivity contribution is 0.0660. The van der Waals surface area contributed by atoms with Gasteiger partial charge in [0.1, 0.15) is 5.76 Å². The molecule has 0 aliphatic carbocycles. The smallest absolute Gasteiger partial charge is 0.371 e. The van der Waals surface area contributed by atoms with Crippen molar-refractivity contribution in [2.75, 3.05) is 6.54 Å². The molecule has 0 saturated carbocycles. The van der Waals surface area contributed by atoms with Gasteiger partial charge in [-0.05, 0) is 18.2 Å². The summed E-state index contributed by atoms with van der Waals surface area (Å²) in [6.07, 6.45) is 2.48. The van der Waals surface area contributed by atoms with Crippen LogP contribution >= 0.6 is 0 Å². The van der Waals surface area contributed by atoms with Crippen LogP contribution in [0, 0.1) is 0 Å². The molecule has 8 heteroatoms. The van der Waals surface area contributed by atoms with E-state index < -0.39 is 5.97 Å². The number of carbonyl (C=O) groups is 2. The van der Waals surface area contributed by atoms with E-state index in [-0.39, 0.29) is 18.3 Å². The predicted octanol–water partition coefficient (Wildman–Crippen LogP) is 0.753. The Morgan fingerprint density at radius 2 is 2.14 bits per heavy atom. The lowest BCUT2D eigenvalue weighted by atomic mass is 10.3. The molecule has 2 amide bonds. The Labute approximate surface area is 120 Å². The molecule has 0 radical (unpaired) electrons. The molecular formula is C13H16N4O4. The number of nitrogens with zero attached hydrogens (tertiary/aromatic N) is 2. The van der Waals surface area contributed by atoms with Gasteiger partial charge >= 0.3 is 12.0 Å². The van der Waals surface area contributed by atoms with Crippen LogP contribution in [-0.4, -0.2) is 33.4 Å².